The van der Waals surface area contributed by atoms with Crippen molar-refractivity contribution in [1.29, 1.82) is 0 Å². The molecule has 0 amide bonds. The fourth-order valence-electron chi connectivity index (χ4n) is 14.2. The largest absolute Gasteiger partial charge is 0.744 e. The van der Waals surface area contributed by atoms with Gasteiger partial charge in [-0.25, -0.2) is 50.5 Å². The molecule has 36 nitrogen and oxygen atoms in total. The molecule has 0 bridgehead atoms. The first kappa shape index (κ1) is 133. The van der Waals surface area contributed by atoms with Crippen LogP contribution in [0.2, 0.25) is 0 Å². The zero-order valence-corrected chi connectivity index (χ0v) is 87.2. The van der Waals surface area contributed by atoms with Crippen LogP contribution in [0.4, 0.5) is 0 Å². The number of ether oxygens (including phenoxy) is 12. The van der Waals surface area contributed by atoms with Crippen LogP contribution in [0.5, 0.6) is 103 Å². The van der Waals surface area contributed by atoms with E-state index in [4.69, 9.17) is 56.8 Å². The van der Waals surface area contributed by atoms with E-state index >= 15 is 0 Å². The molecule has 0 saturated carbocycles. The van der Waals surface area contributed by atoms with Gasteiger partial charge in [0.1, 0.15) is 92.6 Å². The highest BCUT2D eigenvalue weighted by atomic mass is 32.2. The molecule has 0 aliphatic rings. The van der Waals surface area contributed by atoms with Gasteiger partial charge in [0.05, 0.1) is 100 Å². The number of benzene rings is 6. The van der Waals surface area contributed by atoms with Crippen LogP contribution in [0.3, 0.4) is 0 Å². The van der Waals surface area contributed by atoms with Crippen LogP contribution in [0, 0.1) is 51.0 Å². The second-order valence-corrected chi connectivity index (χ2v) is 36.8. The van der Waals surface area contributed by atoms with Gasteiger partial charge >= 0.3 is 0 Å². The Morgan fingerprint density at radius 1 is 0.235 bits per heavy atom. The molecule has 42 heteroatoms. The first-order valence-electron chi connectivity index (χ1n) is 40.0. The first-order valence-corrected chi connectivity index (χ1v) is 48.5. The molecule has 132 heavy (non-hydrogen) atoms. The third-order valence-electron chi connectivity index (χ3n) is 21.4. The molecule has 6 unspecified atom stereocenters. The SMILES string of the molecule is C.CCC(C)c1c(OC)c(C)c(O)c(OC)c1S(=O)(=O)[O-].CCC(C)c1c(OC)c(OC)c(O)c(C)c1S(=O)(=O)[O-].CCCc1c(O)c(OC)c(OC)c(C(C)CC)c1S(=O)(=O)[O-].CCCc1c(O)c(OC)c(S(=O)(=O)[O-])c(C(C)CC)c1OC.CCc1c(O)c(OC)c(OC)c(C(C)CC)c1S(=O)(=O)[O-].CCc1c(O)c(OC)c(S(=O)(=O)[O-])c(C(C)CC)c1OC.[CH3+].[CH3+].[CH3+].[CH3+].[CH3+]. The molecule has 0 saturated heterocycles. The normalized spacial score (nSPS) is 12.5. The third kappa shape index (κ3) is 29.8. The Morgan fingerprint density at radius 3 is 0.652 bits per heavy atom. The van der Waals surface area contributed by atoms with Gasteiger partial charge < -0.3 is 115 Å². The number of hydrogen-bond acceptors (Lipinski definition) is 36. The standard InChI is InChI=1S/2C15H24O6S.2C14H22O6S.2C13H20O6S.CH4.5CH3/c1-6-8-10-12(16)14(21-5)13(20-4)11(9(3)7-2)15(10)22(17,18)19;1-6-8-10-12(16)14(21-5)15(22(17,18)19)11(9(3)7-2)13(10)20-4;1-6-8(3)10-12(19-4)13(20-5)11(15)9(7-2)14(10)21(16,17)18;1-6-8(3)10-12(19-4)9(7-2)11(15)13(20-5)14(10)21(16,17)18;1-6-7(2)9-11(18-4)12(19-5)10(14)8(3)13(9)20(15,16)17;1-6-7(2)9-11(18-4)8(3)10(14)12(19-5)13(9)20(15,16)17;;;;;;/h2*9,16H,6-8H2,1-5H3,(H,17,18,19);2*8,15H,6-7H2,1-5H3,(H,16,17,18);2*7,14H,6H2,1-5H3,(H,15,16,17);1H4;5*1H3/q;;;;;;;5*+1/p-6. The van der Waals surface area contributed by atoms with Crippen molar-refractivity contribution in [2.75, 3.05) is 85.3 Å². The summed E-state index contributed by atoms with van der Waals surface area (Å²) in [5.74, 6) is -3.45. The molecule has 0 spiro atoms. The van der Waals surface area contributed by atoms with Gasteiger partial charge in [0, 0.05) is 104 Å². The summed E-state index contributed by atoms with van der Waals surface area (Å²) in [6.07, 6.45) is 6.27. The maximum atomic E-state index is 11.8. The van der Waals surface area contributed by atoms with Crippen LogP contribution in [-0.2, 0) is 86.4 Å². The highest BCUT2D eigenvalue weighted by molar-refractivity contribution is 7.87. The molecule has 758 valence electrons. The van der Waals surface area contributed by atoms with Crippen LogP contribution < -0.4 is 56.8 Å². The minimum absolute atomic E-state index is 0. The van der Waals surface area contributed by atoms with E-state index < -0.39 is 96.7 Å². The number of phenolic OH excluding ortho intramolecular Hbond substituents is 6. The predicted octanol–water partition coefficient (Wildman–Crippen LogP) is 17.5. The molecule has 0 aliphatic heterocycles. The lowest BCUT2D eigenvalue weighted by Crippen LogP contribution is -2.13. The van der Waals surface area contributed by atoms with Crippen LogP contribution in [0.15, 0.2) is 29.4 Å². The lowest BCUT2D eigenvalue weighted by Gasteiger charge is -2.26. The summed E-state index contributed by atoms with van der Waals surface area (Å²) in [6, 6.07) is 0. The maximum Gasteiger partial charge on any atom is 0.203 e. The quantitative estimate of drug-likeness (QED) is 0.0157. The van der Waals surface area contributed by atoms with Gasteiger partial charge in [-0.05, 0) is 114 Å². The van der Waals surface area contributed by atoms with Crippen molar-refractivity contribution in [3.8, 4) is 103 Å². The highest BCUT2D eigenvalue weighted by Gasteiger charge is 2.37. The summed E-state index contributed by atoms with van der Waals surface area (Å²) < 4.78 is 272. The molecular weight excluding hydrogens is 1850 g/mol. The van der Waals surface area contributed by atoms with E-state index in [-0.39, 0.29) is 240 Å². The monoisotopic (exact) mass is 1990 g/mol. The van der Waals surface area contributed by atoms with Gasteiger partial charge in [-0.2, -0.15) is 0 Å². The van der Waals surface area contributed by atoms with Gasteiger partial charge in [0.25, 0.3) is 0 Å². The lowest BCUT2D eigenvalue weighted by atomic mass is 9.92. The molecule has 6 aromatic carbocycles. The summed E-state index contributed by atoms with van der Waals surface area (Å²) in [7, 11) is -12.9. The summed E-state index contributed by atoms with van der Waals surface area (Å²) >= 11 is 0. The van der Waals surface area contributed by atoms with Crippen molar-refractivity contribution in [3.63, 3.8) is 0 Å². The highest BCUT2D eigenvalue weighted by Crippen LogP contribution is 2.56. The Morgan fingerprint density at radius 2 is 0.417 bits per heavy atom. The van der Waals surface area contributed by atoms with Gasteiger partial charge in [-0.15, -0.1) is 0 Å². The number of aromatic hydroxyl groups is 6. The fraction of sp³-hybridized carbons (Fsp3) is 0.544. The molecule has 6 aromatic rings. The van der Waals surface area contributed by atoms with Crippen LogP contribution in [0.25, 0.3) is 0 Å². The average Bonchev–Trinajstić information content (AvgIpc) is 0.781. The number of methoxy groups -OCH3 is 12. The average molecular weight is 2000 g/mol. The summed E-state index contributed by atoms with van der Waals surface area (Å²) in [4.78, 5) is -2.81. The first-order chi connectivity index (χ1) is 58.4. The second-order valence-electron chi connectivity index (χ2n) is 28.9. The van der Waals surface area contributed by atoms with Crippen molar-refractivity contribution in [3.05, 3.63) is 104 Å². The van der Waals surface area contributed by atoms with Crippen molar-refractivity contribution in [2.45, 2.75) is 274 Å². The molecular formula is C90H145O36S6-. The van der Waals surface area contributed by atoms with E-state index in [0.717, 1.165) is 6.42 Å². The van der Waals surface area contributed by atoms with Crippen molar-refractivity contribution in [2.24, 2.45) is 0 Å². The van der Waals surface area contributed by atoms with E-state index in [1.165, 1.54) is 92.2 Å². The Kier molecular flexibility index (Phi) is 57.2. The minimum atomic E-state index is -4.83. The fourth-order valence-corrected chi connectivity index (χ4v) is 20.3. The summed E-state index contributed by atoms with van der Waals surface area (Å²) in [5, 5.41) is 61.2. The van der Waals surface area contributed by atoms with E-state index in [0.29, 0.717) is 74.5 Å². The van der Waals surface area contributed by atoms with E-state index in [2.05, 4.69) is 0 Å². The minimum Gasteiger partial charge on any atom is -0.744 e. The number of hydrogen-bond donors (Lipinski definition) is 6. The zero-order chi connectivity index (χ0) is 98.2. The molecule has 6 atom stereocenters. The smallest absolute Gasteiger partial charge is 0.203 e. The maximum absolute atomic E-state index is 11.8. The van der Waals surface area contributed by atoms with Gasteiger partial charge in [-0.1, -0.05) is 131 Å². The molecule has 0 fully saturated rings. The predicted molar refractivity (Wildman–Crippen MR) is 502 cm³/mol. The third-order valence-corrected chi connectivity index (χ3v) is 27.1. The molecule has 0 aromatic heterocycles. The molecule has 0 radical (unpaired) electrons. The Bertz CT molecular complexity index is 5330. The number of phenols is 6. The Balaban J connectivity index is -0.000000358. The van der Waals surface area contributed by atoms with Crippen LogP contribution >= 0.6 is 0 Å². The Labute approximate surface area is 787 Å². The lowest BCUT2D eigenvalue weighted by molar-refractivity contribution is 0.323. The summed E-state index contributed by atoms with van der Waals surface area (Å²) in [5.41, 5.74) is 2.96. The van der Waals surface area contributed by atoms with E-state index in [1.54, 1.807) is 62.3 Å². The van der Waals surface area contributed by atoms with Gasteiger partial charge in [0.15, 0.2) is 69.0 Å². The summed E-state index contributed by atoms with van der Waals surface area (Å²) in [6.45, 7) is 32.1. The second kappa shape index (κ2) is 56.7. The van der Waals surface area contributed by atoms with E-state index in [9.17, 15) is 108 Å². The number of rotatable bonds is 36. The van der Waals surface area contributed by atoms with Crippen molar-refractivity contribution >= 4 is 60.7 Å². The molecule has 0 aliphatic carbocycles. The Hall–Kier alpha value is -9.47. The molecule has 6 N–H and O–H groups in total. The van der Waals surface area contributed by atoms with Crippen molar-refractivity contribution in [1.82, 2.24) is 0 Å². The zero-order valence-electron chi connectivity index (χ0n) is 82.3. The van der Waals surface area contributed by atoms with Crippen LogP contribution in [-0.4, -0.2) is 194 Å². The van der Waals surface area contributed by atoms with Gasteiger partial charge in [-0.3, -0.25) is 0 Å². The van der Waals surface area contributed by atoms with Gasteiger partial charge in [0.2, 0.25) is 17.2 Å². The molecule has 0 heterocycles. The van der Waals surface area contributed by atoms with Crippen molar-refractivity contribution < 1.29 is 165 Å². The molecule has 6 rings (SSSR count). The van der Waals surface area contributed by atoms with Crippen LogP contribution in [0.1, 0.15) is 272 Å². The topological polar surface area (TPSA) is 575 Å². The van der Waals surface area contributed by atoms with E-state index in [1.807, 2.05) is 55.4 Å².